The Hall–Kier alpha value is -1.97. The van der Waals surface area contributed by atoms with Crippen LogP contribution in [0.2, 0.25) is 0 Å². The van der Waals surface area contributed by atoms with Gasteiger partial charge in [-0.2, -0.15) is 0 Å². The molecule has 0 spiro atoms. The molecule has 0 aliphatic rings. The van der Waals surface area contributed by atoms with Crippen molar-refractivity contribution in [3.63, 3.8) is 0 Å². The minimum absolute atomic E-state index is 0.126. The van der Waals surface area contributed by atoms with Crippen LogP contribution >= 0.6 is 0 Å². The summed E-state index contributed by atoms with van der Waals surface area (Å²) in [5.41, 5.74) is 6.38. The monoisotopic (exact) mass is 193 g/mol. The van der Waals surface area contributed by atoms with Gasteiger partial charge in [0, 0.05) is 5.56 Å². The van der Waals surface area contributed by atoms with Crippen molar-refractivity contribution in [1.82, 2.24) is 0 Å². The van der Waals surface area contributed by atoms with Gasteiger partial charge in [0.25, 0.3) is 0 Å². The highest BCUT2D eigenvalue weighted by molar-refractivity contribution is 5.93. The third-order valence-corrected chi connectivity index (χ3v) is 1.73. The predicted molar refractivity (Wildman–Crippen MR) is 52.2 cm³/mol. The van der Waals surface area contributed by atoms with E-state index in [-0.39, 0.29) is 11.5 Å². The van der Waals surface area contributed by atoms with Gasteiger partial charge in [-0.1, -0.05) is 30.3 Å². The Kier molecular flexibility index (Phi) is 3.12. The summed E-state index contributed by atoms with van der Waals surface area (Å²) in [5.74, 6) is -1.41. The molecule has 1 aromatic rings. The van der Waals surface area contributed by atoms with Gasteiger partial charge < -0.3 is 15.6 Å². The fourth-order valence-electron chi connectivity index (χ4n) is 1.06. The van der Waals surface area contributed by atoms with E-state index in [1.807, 2.05) is 6.07 Å². The molecule has 3 N–H and O–H groups in total. The van der Waals surface area contributed by atoms with E-state index in [1.165, 1.54) is 7.11 Å². The van der Waals surface area contributed by atoms with Crippen molar-refractivity contribution < 1.29 is 14.6 Å². The van der Waals surface area contributed by atoms with E-state index in [1.54, 1.807) is 24.3 Å². The van der Waals surface area contributed by atoms with E-state index in [4.69, 9.17) is 10.8 Å². The van der Waals surface area contributed by atoms with E-state index in [9.17, 15) is 4.79 Å². The van der Waals surface area contributed by atoms with Crippen LogP contribution in [0, 0.1) is 0 Å². The summed E-state index contributed by atoms with van der Waals surface area (Å²) in [5, 5.41) is 8.74. The minimum atomic E-state index is -1.17. The van der Waals surface area contributed by atoms with Crippen LogP contribution < -0.4 is 5.73 Å². The number of nitrogens with two attached hydrogens (primary N) is 1. The molecule has 14 heavy (non-hydrogen) atoms. The Morgan fingerprint density at radius 3 is 2.36 bits per heavy atom. The van der Waals surface area contributed by atoms with Crippen molar-refractivity contribution in [3.05, 3.63) is 41.7 Å². The van der Waals surface area contributed by atoms with Gasteiger partial charge in [-0.25, -0.2) is 4.79 Å². The highest BCUT2D eigenvalue weighted by atomic mass is 16.5. The topological polar surface area (TPSA) is 72.5 Å². The smallest absolute Gasteiger partial charge is 0.373 e. The summed E-state index contributed by atoms with van der Waals surface area (Å²) in [6.07, 6.45) is 0. The molecule has 0 saturated heterocycles. The lowest BCUT2D eigenvalue weighted by Gasteiger charge is -2.06. The van der Waals surface area contributed by atoms with Gasteiger partial charge >= 0.3 is 5.97 Å². The fraction of sp³-hybridized carbons (Fsp3) is 0.100. The molecule has 4 heteroatoms. The van der Waals surface area contributed by atoms with Gasteiger partial charge in [0.2, 0.25) is 5.76 Å². The summed E-state index contributed by atoms with van der Waals surface area (Å²) in [4.78, 5) is 10.7. The maximum absolute atomic E-state index is 10.7. The van der Waals surface area contributed by atoms with E-state index < -0.39 is 5.97 Å². The summed E-state index contributed by atoms with van der Waals surface area (Å²) in [6.45, 7) is 0. The Balaban J connectivity index is 3.15. The summed E-state index contributed by atoms with van der Waals surface area (Å²) in [6, 6.07) is 8.81. The second kappa shape index (κ2) is 4.32. The van der Waals surface area contributed by atoms with Crippen LogP contribution in [-0.2, 0) is 9.53 Å². The number of rotatable bonds is 3. The Morgan fingerprint density at radius 2 is 1.93 bits per heavy atom. The number of hydrogen-bond acceptors (Lipinski definition) is 3. The SMILES string of the molecule is COC(C(=O)O)=C(N)c1ccccc1. The number of methoxy groups -OCH3 is 1. The van der Waals surface area contributed by atoms with E-state index in [0.29, 0.717) is 5.56 Å². The molecule has 0 saturated carbocycles. The van der Waals surface area contributed by atoms with Gasteiger partial charge in [0.1, 0.15) is 0 Å². The van der Waals surface area contributed by atoms with E-state index in [0.717, 1.165) is 0 Å². The zero-order valence-corrected chi connectivity index (χ0v) is 7.73. The number of carboxylic acid groups (broad SMARTS) is 1. The highest BCUT2D eigenvalue weighted by Gasteiger charge is 2.13. The number of carbonyl (C=O) groups is 1. The standard InChI is InChI=1S/C10H11NO3/c1-14-9(10(12)13)8(11)7-5-3-2-4-6-7/h2-6H,11H2,1H3,(H,12,13). The number of carboxylic acids is 1. The first kappa shape index (κ1) is 10.1. The molecule has 0 amide bonds. The van der Waals surface area contributed by atoms with Crippen molar-refractivity contribution in [2.75, 3.05) is 7.11 Å². The first-order valence-electron chi connectivity index (χ1n) is 3.99. The maximum atomic E-state index is 10.7. The van der Waals surface area contributed by atoms with Crippen molar-refractivity contribution >= 4 is 11.7 Å². The zero-order valence-electron chi connectivity index (χ0n) is 7.73. The predicted octanol–water partition coefficient (Wildman–Crippen LogP) is 1.04. The largest absolute Gasteiger partial charge is 0.488 e. The maximum Gasteiger partial charge on any atom is 0.373 e. The minimum Gasteiger partial charge on any atom is -0.488 e. The lowest BCUT2D eigenvalue weighted by atomic mass is 10.1. The molecule has 4 nitrogen and oxygen atoms in total. The molecule has 74 valence electrons. The lowest BCUT2D eigenvalue weighted by Crippen LogP contribution is -2.11. The molecule has 0 aliphatic heterocycles. The van der Waals surface area contributed by atoms with Crippen LogP contribution in [0.15, 0.2) is 36.1 Å². The van der Waals surface area contributed by atoms with Gasteiger partial charge in [0.05, 0.1) is 12.8 Å². The second-order valence-corrected chi connectivity index (χ2v) is 2.62. The van der Waals surface area contributed by atoms with Gasteiger partial charge in [-0.3, -0.25) is 0 Å². The molecule has 0 unspecified atom stereocenters. The third-order valence-electron chi connectivity index (χ3n) is 1.73. The normalized spacial score (nSPS) is 11.8. The molecule has 0 heterocycles. The van der Waals surface area contributed by atoms with Crippen LogP contribution in [0.25, 0.3) is 5.70 Å². The zero-order chi connectivity index (χ0) is 10.6. The quantitative estimate of drug-likeness (QED) is 0.555. The van der Waals surface area contributed by atoms with Crippen LogP contribution in [0.4, 0.5) is 0 Å². The number of benzene rings is 1. The van der Waals surface area contributed by atoms with Crippen molar-refractivity contribution in [3.8, 4) is 0 Å². The highest BCUT2D eigenvalue weighted by Crippen LogP contribution is 2.13. The summed E-state index contributed by atoms with van der Waals surface area (Å²) in [7, 11) is 1.28. The molecular formula is C10H11NO3. The van der Waals surface area contributed by atoms with Gasteiger partial charge in [0.15, 0.2) is 0 Å². The van der Waals surface area contributed by atoms with Crippen molar-refractivity contribution in [2.24, 2.45) is 5.73 Å². The van der Waals surface area contributed by atoms with Crippen LogP contribution in [0.3, 0.4) is 0 Å². The van der Waals surface area contributed by atoms with Gasteiger partial charge in [-0.05, 0) is 0 Å². The molecule has 1 aromatic carbocycles. The van der Waals surface area contributed by atoms with Crippen LogP contribution in [-0.4, -0.2) is 18.2 Å². The first-order valence-corrected chi connectivity index (χ1v) is 3.99. The molecule has 0 aromatic heterocycles. The second-order valence-electron chi connectivity index (χ2n) is 2.62. The molecule has 0 atom stereocenters. The first-order chi connectivity index (χ1) is 6.66. The summed E-state index contributed by atoms with van der Waals surface area (Å²) < 4.78 is 4.68. The molecule has 0 aliphatic carbocycles. The van der Waals surface area contributed by atoms with Crippen molar-refractivity contribution in [2.45, 2.75) is 0 Å². The molecule has 0 bridgehead atoms. The fourth-order valence-corrected chi connectivity index (χ4v) is 1.06. The number of aliphatic carboxylic acids is 1. The Morgan fingerprint density at radius 1 is 1.36 bits per heavy atom. The van der Waals surface area contributed by atoms with Gasteiger partial charge in [-0.15, -0.1) is 0 Å². The molecular weight excluding hydrogens is 182 g/mol. The van der Waals surface area contributed by atoms with Crippen molar-refractivity contribution in [1.29, 1.82) is 0 Å². The Bertz CT molecular complexity index is 357. The lowest BCUT2D eigenvalue weighted by molar-refractivity contribution is -0.135. The summed E-state index contributed by atoms with van der Waals surface area (Å²) >= 11 is 0. The van der Waals surface area contributed by atoms with E-state index >= 15 is 0 Å². The molecule has 1 rings (SSSR count). The molecule has 0 radical (unpaired) electrons. The van der Waals surface area contributed by atoms with Crippen LogP contribution in [0.1, 0.15) is 5.56 Å². The third kappa shape index (κ3) is 2.04. The average Bonchev–Trinajstić information content (AvgIpc) is 2.19. The number of ether oxygens (including phenoxy) is 1. The van der Waals surface area contributed by atoms with E-state index in [2.05, 4.69) is 4.74 Å². The average molecular weight is 193 g/mol. The Labute approximate surface area is 81.6 Å². The number of hydrogen-bond donors (Lipinski definition) is 2. The van der Waals surface area contributed by atoms with Crippen LogP contribution in [0.5, 0.6) is 0 Å². The molecule has 0 fully saturated rings.